The van der Waals surface area contributed by atoms with Gasteiger partial charge in [0, 0.05) is 5.56 Å². The van der Waals surface area contributed by atoms with Crippen molar-refractivity contribution in [2.24, 2.45) is 0 Å². The number of phenols is 1. The molecule has 0 unspecified atom stereocenters. The molecule has 2 aromatic rings. The molecule has 0 aliphatic heterocycles. The molecule has 0 aliphatic rings. The van der Waals surface area contributed by atoms with E-state index in [1.807, 2.05) is 32.1 Å². The molecule has 0 saturated heterocycles. The van der Waals surface area contributed by atoms with E-state index < -0.39 is 0 Å². The summed E-state index contributed by atoms with van der Waals surface area (Å²) < 4.78 is 15.6. The summed E-state index contributed by atoms with van der Waals surface area (Å²) in [5, 5.41) is 10.3. The number of aromatic hydroxyl groups is 1. The molecule has 0 aliphatic carbocycles. The predicted octanol–water partition coefficient (Wildman–Crippen LogP) is 4.08. The van der Waals surface area contributed by atoms with Gasteiger partial charge in [0.2, 0.25) is 0 Å². The summed E-state index contributed by atoms with van der Waals surface area (Å²) >= 11 is 0. The first-order valence-corrected chi connectivity index (χ1v) is 7.24. The number of rotatable bonds is 6. The second kappa shape index (κ2) is 7.54. The Hall–Kier alpha value is -2.69. The van der Waals surface area contributed by atoms with Crippen molar-refractivity contribution in [3.05, 3.63) is 46.9 Å². The molecule has 0 saturated carbocycles. The molecule has 1 N–H and O–H groups in total. The number of hydrogen-bond acceptors (Lipinski definition) is 5. The maximum absolute atomic E-state index is 10.3. The smallest absolute Gasteiger partial charge is 0.393 e. The molecule has 122 valence electrons. The molecule has 2 rings (SSSR count). The third kappa shape index (κ3) is 4.39. The molecule has 0 amide bonds. The van der Waals surface area contributed by atoms with Gasteiger partial charge in [0.25, 0.3) is 0 Å². The van der Waals surface area contributed by atoms with Gasteiger partial charge in [0.05, 0.1) is 20.4 Å². The Bertz CT molecular complexity index is 725. The van der Waals surface area contributed by atoms with Crippen LogP contribution in [0.25, 0.3) is 12.2 Å². The first-order valence-electron chi connectivity index (χ1n) is 7.24. The maximum atomic E-state index is 10.3. The monoisotopic (exact) mass is 315 g/mol. The number of allylic oxidation sites excluding steroid dienone is 2. The Morgan fingerprint density at radius 2 is 2.00 bits per heavy atom. The highest BCUT2D eigenvalue weighted by atomic mass is 16.6. The average Bonchev–Trinajstić information content (AvgIpc) is 2.99. The molecule has 1 aromatic carbocycles. The van der Waals surface area contributed by atoms with Gasteiger partial charge in [-0.05, 0) is 44.0 Å². The number of benzene rings is 1. The van der Waals surface area contributed by atoms with Gasteiger partial charge < -0.3 is 19.0 Å². The first kappa shape index (κ1) is 16.7. The second-order valence-electron chi connectivity index (χ2n) is 5.27. The molecule has 5 heteroatoms. The van der Waals surface area contributed by atoms with E-state index in [2.05, 4.69) is 4.98 Å². The van der Waals surface area contributed by atoms with Crippen LogP contribution in [-0.4, -0.2) is 24.3 Å². The third-order valence-corrected chi connectivity index (χ3v) is 3.26. The van der Waals surface area contributed by atoms with Crippen LogP contribution in [0.15, 0.2) is 34.4 Å². The van der Waals surface area contributed by atoms with E-state index in [0.717, 1.165) is 11.1 Å². The number of methoxy groups -OCH3 is 2. The standard InChI is InChI=1S/C18H21NO4/c1-12(2)5-8-15-16(20)9-13(10-17(15)21-3)6-7-14-11-19-18(22-4)23-14/h5-7,9-11,20H,8H2,1-4H3/b7-6+. The average molecular weight is 315 g/mol. The lowest BCUT2D eigenvalue weighted by Gasteiger charge is -2.10. The van der Waals surface area contributed by atoms with E-state index in [4.69, 9.17) is 13.9 Å². The number of aromatic nitrogens is 1. The number of phenolic OH excluding ortho intramolecular Hbond substituents is 1. The normalized spacial score (nSPS) is 10.8. The highest BCUT2D eigenvalue weighted by Gasteiger charge is 2.09. The molecule has 5 nitrogen and oxygen atoms in total. The van der Waals surface area contributed by atoms with Gasteiger partial charge >= 0.3 is 6.08 Å². The van der Waals surface area contributed by atoms with E-state index in [1.54, 1.807) is 25.4 Å². The Morgan fingerprint density at radius 3 is 2.61 bits per heavy atom. The largest absolute Gasteiger partial charge is 0.507 e. The minimum Gasteiger partial charge on any atom is -0.507 e. The molecule has 0 radical (unpaired) electrons. The van der Waals surface area contributed by atoms with Crippen molar-refractivity contribution in [3.63, 3.8) is 0 Å². The topological polar surface area (TPSA) is 64.7 Å². The summed E-state index contributed by atoms with van der Waals surface area (Å²) in [4.78, 5) is 3.93. The van der Waals surface area contributed by atoms with Crippen LogP contribution in [-0.2, 0) is 6.42 Å². The number of ether oxygens (including phenoxy) is 2. The van der Waals surface area contributed by atoms with Gasteiger partial charge in [-0.2, -0.15) is 4.98 Å². The number of nitrogens with zero attached hydrogens (tertiary/aromatic N) is 1. The zero-order chi connectivity index (χ0) is 16.8. The summed E-state index contributed by atoms with van der Waals surface area (Å²) in [6, 6.07) is 3.57. The van der Waals surface area contributed by atoms with Crippen LogP contribution in [0.3, 0.4) is 0 Å². The zero-order valence-corrected chi connectivity index (χ0v) is 13.8. The van der Waals surface area contributed by atoms with Crippen LogP contribution in [0.2, 0.25) is 0 Å². The SMILES string of the molecule is COc1ncc(/C=C/c2cc(O)c(CC=C(C)C)c(OC)c2)o1. The summed E-state index contributed by atoms with van der Waals surface area (Å²) in [5.74, 6) is 1.42. The number of hydrogen-bond donors (Lipinski definition) is 1. The van der Waals surface area contributed by atoms with Crippen molar-refractivity contribution in [2.45, 2.75) is 20.3 Å². The fourth-order valence-electron chi connectivity index (χ4n) is 2.06. The van der Waals surface area contributed by atoms with E-state index in [-0.39, 0.29) is 11.8 Å². The molecule has 1 aromatic heterocycles. The van der Waals surface area contributed by atoms with E-state index in [0.29, 0.717) is 17.9 Å². The molecular formula is C18H21NO4. The first-order chi connectivity index (χ1) is 11.0. The van der Waals surface area contributed by atoms with Crippen molar-refractivity contribution in [3.8, 4) is 17.6 Å². The van der Waals surface area contributed by atoms with E-state index in [1.165, 1.54) is 12.7 Å². The van der Waals surface area contributed by atoms with Crippen molar-refractivity contribution in [2.75, 3.05) is 14.2 Å². The summed E-state index contributed by atoms with van der Waals surface area (Å²) in [6.45, 7) is 4.04. The van der Waals surface area contributed by atoms with Gasteiger partial charge in [0.1, 0.15) is 11.5 Å². The fraction of sp³-hybridized carbons (Fsp3) is 0.278. The quantitative estimate of drug-likeness (QED) is 0.814. The minimum absolute atomic E-state index is 0.205. The van der Waals surface area contributed by atoms with Crippen molar-refractivity contribution in [1.82, 2.24) is 4.98 Å². The Balaban J connectivity index is 2.26. The molecule has 0 fully saturated rings. The third-order valence-electron chi connectivity index (χ3n) is 3.26. The summed E-state index contributed by atoms with van der Waals surface area (Å²) in [5.41, 5.74) is 2.76. The van der Waals surface area contributed by atoms with Crippen molar-refractivity contribution in [1.29, 1.82) is 0 Å². The lowest BCUT2D eigenvalue weighted by molar-refractivity contribution is 0.288. The van der Waals surface area contributed by atoms with Gasteiger partial charge in [-0.15, -0.1) is 0 Å². The van der Waals surface area contributed by atoms with Crippen molar-refractivity contribution >= 4 is 12.2 Å². The van der Waals surface area contributed by atoms with Crippen LogP contribution in [0.5, 0.6) is 17.6 Å². The van der Waals surface area contributed by atoms with Gasteiger partial charge in [-0.1, -0.05) is 17.7 Å². The van der Waals surface area contributed by atoms with Crippen LogP contribution >= 0.6 is 0 Å². The molecule has 0 bridgehead atoms. The van der Waals surface area contributed by atoms with Crippen LogP contribution < -0.4 is 9.47 Å². The Morgan fingerprint density at radius 1 is 1.22 bits per heavy atom. The van der Waals surface area contributed by atoms with E-state index >= 15 is 0 Å². The second-order valence-corrected chi connectivity index (χ2v) is 5.27. The summed E-state index contributed by atoms with van der Waals surface area (Å²) in [6.07, 6.45) is 8.01. The Kier molecular flexibility index (Phi) is 5.46. The molecule has 0 spiro atoms. The Labute approximate surface area is 135 Å². The lowest BCUT2D eigenvalue weighted by atomic mass is 10.0. The lowest BCUT2D eigenvalue weighted by Crippen LogP contribution is -1.93. The zero-order valence-electron chi connectivity index (χ0n) is 13.8. The summed E-state index contributed by atoms with van der Waals surface area (Å²) in [7, 11) is 3.09. The van der Waals surface area contributed by atoms with Crippen molar-refractivity contribution < 1.29 is 19.0 Å². The fourth-order valence-corrected chi connectivity index (χ4v) is 2.06. The van der Waals surface area contributed by atoms with Crippen LogP contribution in [0, 0.1) is 0 Å². The van der Waals surface area contributed by atoms with Crippen LogP contribution in [0.4, 0.5) is 0 Å². The minimum atomic E-state index is 0.205. The van der Waals surface area contributed by atoms with Gasteiger partial charge in [-0.3, -0.25) is 0 Å². The maximum Gasteiger partial charge on any atom is 0.393 e. The van der Waals surface area contributed by atoms with Gasteiger partial charge in [0.15, 0.2) is 5.76 Å². The predicted molar refractivity (Wildman–Crippen MR) is 89.8 cm³/mol. The van der Waals surface area contributed by atoms with Gasteiger partial charge in [-0.25, -0.2) is 0 Å². The van der Waals surface area contributed by atoms with E-state index in [9.17, 15) is 5.11 Å². The van der Waals surface area contributed by atoms with Crippen LogP contribution in [0.1, 0.15) is 30.7 Å². The molecule has 23 heavy (non-hydrogen) atoms. The number of oxazole rings is 1. The highest BCUT2D eigenvalue weighted by molar-refractivity contribution is 5.70. The molecular weight excluding hydrogens is 294 g/mol. The molecule has 0 atom stereocenters. The molecule has 1 heterocycles. The highest BCUT2D eigenvalue weighted by Crippen LogP contribution is 2.31.